The molecular formula is C20H20F3NO2. The molecule has 1 heterocycles. The van der Waals surface area contributed by atoms with Crippen molar-refractivity contribution in [2.24, 2.45) is 0 Å². The number of aryl methyl sites for hydroxylation is 1. The van der Waals surface area contributed by atoms with E-state index in [1.807, 2.05) is 18.2 Å². The van der Waals surface area contributed by atoms with Gasteiger partial charge in [-0.2, -0.15) is 13.2 Å². The highest BCUT2D eigenvalue weighted by Crippen LogP contribution is 2.31. The van der Waals surface area contributed by atoms with Crippen molar-refractivity contribution >= 4 is 5.78 Å². The molecule has 0 aliphatic carbocycles. The van der Waals surface area contributed by atoms with Crippen molar-refractivity contribution in [2.45, 2.75) is 37.9 Å². The van der Waals surface area contributed by atoms with Crippen LogP contribution in [0.15, 0.2) is 48.5 Å². The van der Waals surface area contributed by atoms with E-state index in [1.54, 1.807) is 6.07 Å². The number of hydrogen-bond donors (Lipinski definition) is 1. The number of carbonyl (C=O) groups is 1. The standard InChI is InChI=1S/C20H20F3NO2/c21-20(22,23)15-7-9-16(10-8-15)26-17-4-1-3-14(13-17)6-11-19(25)18-5-2-12-24-18/h1,3-4,7-10,13,18,24H,2,5-6,11-12H2/t18-/m0/s1. The lowest BCUT2D eigenvalue weighted by Crippen LogP contribution is -2.30. The molecule has 6 heteroatoms. The van der Waals surface area contributed by atoms with E-state index < -0.39 is 11.7 Å². The van der Waals surface area contributed by atoms with Crippen LogP contribution in [0.2, 0.25) is 0 Å². The maximum absolute atomic E-state index is 12.6. The van der Waals surface area contributed by atoms with Gasteiger partial charge in [0.2, 0.25) is 0 Å². The minimum atomic E-state index is -4.36. The van der Waals surface area contributed by atoms with Crippen LogP contribution in [0.25, 0.3) is 0 Å². The highest BCUT2D eigenvalue weighted by molar-refractivity contribution is 5.84. The van der Waals surface area contributed by atoms with E-state index in [2.05, 4.69) is 5.32 Å². The van der Waals surface area contributed by atoms with Gasteiger partial charge in [0.25, 0.3) is 0 Å². The zero-order valence-electron chi connectivity index (χ0n) is 14.2. The van der Waals surface area contributed by atoms with Gasteiger partial charge in [-0.05, 0) is 67.8 Å². The average molecular weight is 363 g/mol. The molecule has 2 aromatic carbocycles. The van der Waals surface area contributed by atoms with Crippen LogP contribution in [0.1, 0.15) is 30.4 Å². The fourth-order valence-electron chi connectivity index (χ4n) is 3.01. The molecule has 0 saturated carbocycles. The average Bonchev–Trinajstić information content (AvgIpc) is 3.14. The minimum absolute atomic E-state index is 0.0263. The fourth-order valence-corrected chi connectivity index (χ4v) is 3.01. The van der Waals surface area contributed by atoms with E-state index in [9.17, 15) is 18.0 Å². The summed E-state index contributed by atoms with van der Waals surface area (Å²) in [4.78, 5) is 12.1. The van der Waals surface area contributed by atoms with Gasteiger partial charge in [0, 0.05) is 6.42 Å². The Morgan fingerprint density at radius 2 is 1.88 bits per heavy atom. The first-order chi connectivity index (χ1) is 12.4. The van der Waals surface area contributed by atoms with Crippen molar-refractivity contribution in [1.82, 2.24) is 5.32 Å². The molecule has 138 valence electrons. The third-order valence-electron chi connectivity index (χ3n) is 4.42. The summed E-state index contributed by atoms with van der Waals surface area (Å²) in [6.07, 6.45) is -1.36. The molecule has 1 aliphatic rings. The molecule has 1 atom stereocenters. The minimum Gasteiger partial charge on any atom is -0.457 e. The predicted molar refractivity (Wildman–Crippen MR) is 92.3 cm³/mol. The monoisotopic (exact) mass is 363 g/mol. The molecule has 0 unspecified atom stereocenters. The highest BCUT2D eigenvalue weighted by atomic mass is 19.4. The molecule has 0 radical (unpaired) electrons. The van der Waals surface area contributed by atoms with Crippen LogP contribution >= 0.6 is 0 Å². The summed E-state index contributed by atoms with van der Waals surface area (Å²) in [5, 5.41) is 3.20. The van der Waals surface area contributed by atoms with Gasteiger partial charge in [-0.1, -0.05) is 12.1 Å². The second-order valence-electron chi connectivity index (χ2n) is 6.39. The first-order valence-corrected chi connectivity index (χ1v) is 8.62. The molecule has 1 N–H and O–H groups in total. The number of hydrogen-bond acceptors (Lipinski definition) is 3. The van der Waals surface area contributed by atoms with E-state index >= 15 is 0 Å². The van der Waals surface area contributed by atoms with Crippen molar-refractivity contribution < 1.29 is 22.7 Å². The summed E-state index contributed by atoms with van der Waals surface area (Å²) in [7, 11) is 0. The van der Waals surface area contributed by atoms with Gasteiger partial charge in [-0.25, -0.2) is 0 Å². The van der Waals surface area contributed by atoms with Gasteiger partial charge in [0.1, 0.15) is 17.3 Å². The number of rotatable bonds is 6. The Bertz CT molecular complexity index is 750. The lowest BCUT2D eigenvalue weighted by molar-refractivity contribution is -0.137. The molecule has 0 amide bonds. The van der Waals surface area contributed by atoms with Gasteiger partial charge in [-0.3, -0.25) is 4.79 Å². The second-order valence-corrected chi connectivity index (χ2v) is 6.39. The zero-order chi connectivity index (χ0) is 18.6. The maximum atomic E-state index is 12.6. The fraction of sp³-hybridized carbons (Fsp3) is 0.350. The molecule has 3 nitrogen and oxygen atoms in total. The van der Waals surface area contributed by atoms with E-state index in [4.69, 9.17) is 4.74 Å². The van der Waals surface area contributed by atoms with Crippen molar-refractivity contribution in [3.05, 3.63) is 59.7 Å². The summed E-state index contributed by atoms with van der Waals surface area (Å²) in [5.74, 6) is 1.09. The predicted octanol–water partition coefficient (Wildman–Crippen LogP) is 4.75. The van der Waals surface area contributed by atoms with Crippen molar-refractivity contribution in [1.29, 1.82) is 0 Å². The van der Waals surface area contributed by atoms with Crippen LogP contribution in [0.5, 0.6) is 11.5 Å². The van der Waals surface area contributed by atoms with E-state index in [0.29, 0.717) is 24.3 Å². The number of carbonyl (C=O) groups excluding carboxylic acids is 1. The van der Waals surface area contributed by atoms with Gasteiger partial charge in [0.15, 0.2) is 0 Å². The van der Waals surface area contributed by atoms with Crippen LogP contribution in [0.4, 0.5) is 13.2 Å². The Kier molecular flexibility index (Phi) is 5.61. The summed E-state index contributed by atoms with van der Waals surface area (Å²) in [6.45, 7) is 0.896. The molecule has 2 aromatic rings. The second kappa shape index (κ2) is 7.91. The molecule has 1 fully saturated rings. The quantitative estimate of drug-likeness (QED) is 0.805. The van der Waals surface area contributed by atoms with Crippen molar-refractivity contribution in [2.75, 3.05) is 6.54 Å². The van der Waals surface area contributed by atoms with Crippen LogP contribution in [0, 0.1) is 0 Å². The van der Waals surface area contributed by atoms with Crippen molar-refractivity contribution in [3.8, 4) is 11.5 Å². The Hall–Kier alpha value is -2.34. The van der Waals surface area contributed by atoms with Crippen molar-refractivity contribution in [3.63, 3.8) is 0 Å². The summed E-state index contributed by atoms with van der Waals surface area (Å²) in [5.41, 5.74) is 0.249. The number of Topliss-reactive ketones (excluding diaryl/α,β-unsaturated/α-hetero) is 1. The van der Waals surface area contributed by atoms with E-state index in [-0.39, 0.29) is 11.8 Å². The lowest BCUT2D eigenvalue weighted by Gasteiger charge is -2.11. The Morgan fingerprint density at radius 1 is 1.12 bits per heavy atom. The van der Waals surface area contributed by atoms with Crippen LogP contribution in [0.3, 0.4) is 0 Å². The number of halogens is 3. The highest BCUT2D eigenvalue weighted by Gasteiger charge is 2.30. The van der Waals surface area contributed by atoms with Crippen LogP contribution in [-0.4, -0.2) is 18.4 Å². The molecule has 0 aromatic heterocycles. The van der Waals surface area contributed by atoms with E-state index in [0.717, 1.165) is 37.1 Å². The topological polar surface area (TPSA) is 38.3 Å². The first kappa shape index (κ1) is 18.5. The Labute approximate surface area is 150 Å². The molecule has 3 rings (SSSR count). The Morgan fingerprint density at radius 3 is 2.54 bits per heavy atom. The van der Waals surface area contributed by atoms with Gasteiger partial charge in [-0.15, -0.1) is 0 Å². The van der Waals surface area contributed by atoms with Crippen LogP contribution < -0.4 is 10.1 Å². The smallest absolute Gasteiger partial charge is 0.416 e. The largest absolute Gasteiger partial charge is 0.457 e. The Balaban J connectivity index is 1.59. The third-order valence-corrected chi connectivity index (χ3v) is 4.42. The van der Waals surface area contributed by atoms with Gasteiger partial charge in [0.05, 0.1) is 11.6 Å². The van der Waals surface area contributed by atoms with Gasteiger partial charge < -0.3 is 10.1 Å². The number of benzene rings is 2. The summed E-state index contributed by atoms with van der Waals surface area (Å²) >= 11 is 0. The molecular weight excluding hydrogens is 343 g/mol. The SMILES string of the molecule is O=C(CCc1cccc(Oc2ccc(C(F)(F)F)cc2)c1)[C@@H]1CCCN1. The van der Waals surface area contributed by atoms with Gasteiger partial charge >= 0.3 is 6.18 Å². The molecule has 0 spiro atoms. The maximum Gasteiger partial charge on any atom is 0.416 e. The molecule has 26 heavy (non-hydrogen) atoms. The third kappa shape index (κ3) is 4.85. The zero-order valence-corrected chi connectivity index (χ0v) is 14.2. The number of ketones is 1. The number of nitrogens with one attached hydrogen (secondary N) is 1. The van der Waals surface area contributed by atoms with E-state index in [1.165, 1.54) is 12.1 Å². The molecule has 1 aliphatic heterocycles. The molecule has 1 saturated heterocycles. The lowest BCUT2D eigenvalue weighted by atomic mass is 10.0. The summed E-state index contributed by atoms with van der Waals surface area (Å²) in [6, 6.07) is 11.8. The normalized spacial score (nSPS) is 17.3. The number of alkyl halides is 3. The summed E-state index contributed by atoms with van der Waals surface area (Å²) < 4.78 is 43.4. The first-order valence-electron chi connectivity index (χ1n) is 8.62. The van der Waals surface area contributed by atoms with Crippen LogP contribution in [-0.2, 0) is 17.4 Å². The number of ether oxygens (including phenoxy) is 1. The molecule has 0 bridgehead atoms.